The second-order valence-corrected chi connectivity index (χ2v) is 4.17. The van der Waals surface area contributed by atoms with E-state index < -0.39 is 0 Å². The molecule has 0 saturated heterocycles. The molecule has 1 fully saturated rings. The summed E-state index contributed by atoms with van der Waals surface area (Å²) < 4.78 is 0. The molecule has 0 unspecified atom stereocenters. The van der Waals surface area contributed by atoms with E-state index in [-0.39, 0.29) is 18.1 Å². The molecule has 4 N–H and O–H groups in total. The zero-order chi connectivity index (χ0) is 10.4. The standard InChI is InChI=1S/C10H20N2O2/c11-10(4-1-2-5-10)8-9(14)12-6-3-7-13/h13H,1-8,11H2,(H,12,14). The molecule has 0 atom stereocenters. The second kappa shape index (κ2) is 5.32. The molecule has 4 heteroatoms. The van der Waals surface area contributed by atoms with E-state index in [1.807, 2.05) is 0 Å². The molecule has 0 aromatic rings. The maximum atomic E-state index is 11.4. The largest absolute Gasteiger partial charge is 0.396 e. The summed E-state index contributed by atoms with van der Waals surface area (Å²) in [6.45, 7) is 0.666. The van der Waals surface area contributed by atoms with Crippen molar-refractivity contribution in [2.24, 2.45) is 5.73 Å². The van der Waals surface area contributed by atoms with Crippen molar-refractivity contribution in [1.82, 2.24) is 5.32 Å². The van der Waals surface area contributed by atoms with Crippen LogP contribution in [0, 0.1) is 0 Å². The molecule has 0 bridgehead atoms. The van der Waals surface area contributed by atoms with Crippen molar-refractivity contribution < 1.29 is 9.90 Å². The molecule has 1 aliphatic rings. The van der Waals surface area contributed by atoms with E-state index in [4.69, 9.17) is 10.8 Å². The van der Waals surface area contributed by atoms with E-state index in [1.165, 1.54) is 0 Å². The molecule has 0 aromatic heterocycles. The molecule has 0 aromatic carbocycles. The van der Waals surface area contributed by atoms with Gasteiger partial charge < -0.3 is 16.2 Å². The molecule has 1 rings (SSSR count). The number of carbonyl (C=O) groups is 1. The number of hydrogen-bond acceptors (Lipinski definition) is 3. The summed E-state index contributed by atoms with van der Waals surface area (Å²) in [5, 5.41) is 11.3. The van der Waals surface area contributed by atoms with Crippen molar-refractivity contribution in [2.45, 2.75) is 44.1 Å². The first-order valence-corrected chi connectivity index (χ1v) is 5.33. The normalized spacial score (nSPS) is 19.6. The number of nitrogens with two attached hydrogens (primary N) is 1. The van der Waals surface area contributed by atoms with Gasteiger partial charge in [0, 0.05) is 25.1 Å². The molecule has 82 valence electrons. The lowest BCUT2D eigenvalue weighted by molar-refractivity contribution is -0.122. The fourth-order valence-electron chi connectivity index (χ4n) is 1.95. The first kappa shape index (κ1) is 11.5. The van der Waals surface area contributed by atoms with Gasteiger partial charge in [-0.25, -0.2) is 0 Å². The number of amides is 1. The molecule has 1 amide bonds. The van der Waals surface area contributed by atoms with Crippen molar-refractivity contribution in [3.8, 4) is 0 Å². The third-order valence-corrected chi connectivity index (χ3v) is 2.77. The highest BCUT2D eigenvalue weighted by Gasteiger charge is 2.31. The van der Waals surface area contributed by atoms with Crippen molar-refractivity contribution in [1.29, 1.82) is 0 Å². The van der Waals surface area contributed by atoms with Gasteiger partial charge in [0.1, 0.15) is 0 Å². The Balaban J connectivity index is 2.19. The Morgan fingerprint density at radius 2 is 2.07 bits per heavy atom. The lowest BCUT2D eigenvalue weighted by Gasteiger charge is -2.22. The van der Waals surface area contributed by atoms with Crippen LogP contribution >= 0.6 is 0 Å². The van der Waals surface area contributed by atoms with Crippen molar-refractivity contribution in [3.63, 3.8) is 0 Å². The van der Waals surface area contributed by atoms with Crippen LogP contribution in [-0.2, 0) is 4.79 Å². The number of aliphatic hydroxyl groups excluding tert-OH is 1. The van der Waals surface area contributed by atoms with E-state index in [2.05, 4.69) is 5.32 Å². The number of carbonyl (C=O) groups excluding carboxylic acids is 1. The lowest BCUT2D eigenvalue weighted by atomic mass is 9.94. The minimum absolute atomic E-state index is 0.0165. The molecular formula is C10H20N2O2. The smallest absolute Gasteiger partial charge is 0.221 e. The molecule has 14 heavy (non-hydrogen) atoms. The molecule has 0 aliphatic heterocycles. The summed E-state index contributed by atoms with van der Waals surface area (Å²) in [7, 11) is 0. The van der Waals surface area contributed by atoms with Gasteiger partial charge >= 0.3 is 0 Å². The van der Waals surface area contributed by atoms with Crippen LogP contribution in [0.1, 0.15) is 38.5 Å². The minimum atomic E-state index is -0.261. The van der Waals surface area contributed by atoms with Gasteiger partial charge in [-0.3, -0.25) is 4.79 Å². The average molecular weight is 200 g/mol. The Bertz CT molecular complexity index is 189. The van der Waals surface area contributed by atoms with Crippen molar-refractivity contribution in [2.75, 3.05) is 13.2 Å². The molecule has 0 heterocycles. The Hall–Kier alpha value is -0.610. The van der Waals surface area contributed by atoms with Crippen LogP contribution in [0.15, 0.2) is 0 Å². The monoisotopic (exact) mass is 200 g/mol. The van der Waals surface area contributed by atoms with Crippen LogP contribution in [0.4, 0.5) is 0 Å². The van der Waals surface area contributed by atoms with E-state index in [9.17, 15) is 4.79 Å². The topological polar surface area (TPSA) is 75.4 Å². The van der Waals surface area contributed by atoms with E-state index in [0.717, 1.165) is 25.7 Å². The first-order valence-electron chi connectivity index (χ1n) is 5.33. The van der Waals surface area contributed by atoms with Crippen LogP contribution in [-0.4, -0.2) is 29.7 Å². The molecule has 1 aliphatic carbocycles. The number of nitrogens with one attached hydrogen (secondary N) is 1. The van der Waals surface area contributed by atoms with Gasteiger partial charge in [0.2, 0.25) is 5.91 Å². The van der Waals surface area contributed by atoms with Gasteiger partial charge in [-0.05, 0) is 19.3 Å². The maximum absolute atomic E-state index is 11.4. The van der Waals surface area contributed by atoms with E-state index in [0.29, 0.717) is 19.4 Å². The summed E-state index contributed by atoms with van der Waals surface area (Å²) in [5.41, 5.74) is 5.79. The van der Waals surface area contributed by atoms with Crippen LogP contribution in [0.25, 0.3) is 0 Å². The fraction of sp³-hybridized carbons (Fsp3) is 0.900. The number of aliphatic hydroxyl groups is 1. The highest BCUT2D eigenvalue weighted by molar-refractivity contribution is 5.77. The van der Waals surface area contributed by atoms with Crippen LogP contribution in [0.3, 0.4) is 0 Å². The highest BCUT2D eigenvalue weighted by Crippen LogP contribution is 2.29. The van der Waals surface area contributed by atoms with Gasteiger partial charge in [-0.1, -0.05) is 12.8 Å². The SMILES string of the molecule is NC1(CC(=O)NCCCO)CCCC1. The molecule has 0 radical (unpaired) electrons. The summed E-state index contributed by atoms with van der Waals surface area (Å²) in [6.07, 6.45) is 5.24. The Kier molecular flexibility index (Phi) is 4.35. The maximum Gasteiger partial charge on any atom is 0.221 e. The van der Waals surface area contributed by atoms with Crippen LogP contribution in [0.5, 0.6) is 0 Å². The predicted octanol–water partition coefficient (Wildman–Crippen LogP) is 0.147. The lowest BCUT2D eigenvalue weighted by Crippen LogP contribution is -2.42. The third-order valence-electron chi connectivity index (χ3n) is 2.77. The average Bonchev–Trinajstić information content (AvgIpc) is 2.52. The zero-order valence-corrected chi connectivity index (χ0v) is 8.59. The van der Waals surface area contributed by atoms with Gasteiger partial charge in [-0.2, -0.15) is 0 Å². The van der Waals surface area contributed by atoms with Crippen molar-refractivity contribution in [3.05, 3.63) is 0 Å². The van der Waals surface area contributed by atoms with Crippen LogP contribution < -0.4 is 11.1 Å². The van der Waals surface area contributed by atoms with Crippen LogP contribution in [0.2, 0.25) is 0 Å². The third kappa shape index (κ3) is 3.64. The van der Waals surface area contributed by atoms with Gasteiger partial charge in [0.05, 0.1) is 0 Å². The molecular weight excluding hydrogens is 180 g/mol. The summed E-state index contributed by atoms with van der Waals surface area (Å²) >= 11 is 0. The van der Waals surface area contributed by atoms with Gasteiger partial charge in [0.25, 0.3) is 0 Å². The molecule has 1 saturated carbocycles. The Morgan fingerprint density at radius 3 is 2.64 bits per heavy atom. The Labute approximate surface area is 84.9 Å². The highest BCUT2D eigenvalue weighted by atomic mass is 16.3. The van der Waals surface area contributed by atoms with E-state index >= 15 is 0 Å². The summed E-state index contributed by atoms with van der Waals surface area (Å²) in [6, 6.07) is 0. The predicted molar refractivity (Wildman–Crippen MR) is 54.7 cm³/mol. The van der Waals surface area contributed by atoms with Crippen molar-refractivity contribution >= 4 is 5.91 Å². The zero-order valence-electron chi connectivity index (χ0n) is 8.59. The van der Waals surface area contributed by atoms with E-state index in [1.54, 1.807) is 0 Å². The number of hydrogen-bond donors (Lipinski definition) is 3. The quantitative estimate of drug-likeness (QED) is 0.553. The molecule has 4 nitrogen and oxygen atoms in total. The minimum Gasteiger partial charge on any atom is -0.396 e. The second-order valence-electron chi connectivity index (χ2n) is 4.17. The summed E-state index contributed by atoms with van der Waals surface area (Å²) in [5.74, 6) is 0.0165. The first-order chi connectivity index (χ1) is 6.66. The van der Waals surface area contributed by atoms with Gasteiger partial charge in [-0.15, -0.1) is 0 Å². The molecule has 0 spiro atoms. The number of rotatable bonds is 5. The Morgan fingerprint density at radius 1 is 1.43 bits per heavy atom. The van der Waals surface area contributed by atoms with Gasteiger partial charge in [0.15, 0.2) is 0 Å². The fourth-order valence-corrected chi connectivity index (χ4v) is 1.95. The summed E-state index contributed by atoms with van der Waals surface area (Å²) in [4.78, 5) is 11.4.